The van der Waals surface area contributed by atoms with Gasteiger partial charge in [0.2, 0.25) is 5.91 Å². The van der Waals surface area contributed by atoms with Crippen molar-refractivity contribution in [2.75, 3.05) is 41.0 Å². The molecule has 3 unspecified atom stereocenters. The van der Waals surface area contributed by atoms with Gasteiger partial charge in [0.1, 0.15) is 36.3 Å². The maximum atomic E-state index is 14.0. The van der Waals surface area contributed by atoms with Gasteiger partial charge in [0.25, 0.3) is 0 Å². The number of hydrogen-bond donors (Lipinski definition) is 5. The van der Waals surface area contributed by atoms with Gasteiger partial charge in [-0.25, -0.2) is 19.6 Å². The molecular formula is C48H62N8O8. The number of aromatic nitrogens is 4. The predicted octanol–water partition coefficient (Wildman–Crippen LogP) is 7.44. The van der Waals surface area contributed by atoms with E-state index >= 15 is 0 Å². The van der Waals surface area contributed by atoms with E-state index in [4.69, 9.17) is 28.9 Å². The number of likely N-dealkylation sites (tertiary alicyclic amines) is 2. The number of amides is 3. The van der Waals surface area contributed by atoms with Crippen LogP contribution in [-0.2, 0) is 25.6 Å². The van der Waals surface area contributed by atoms with Crippen LogP contribution in [0, 0.1) is 23.7 Å². The number of imidazole rings is 2. The third-order valence-corrected chi connectivity index (χ3v) is 13.9. The van der Waals surface area contributed by atoms with Gasteiger partial charge in [-0.2, -0.15) is 0 Å². The monoisotopic (exact) mass is 878 g/mol. The molecule has 0 bridgehead atoms. The van der Waals surface area contributed by atoms with Crippen molar-refractivity contribution in [1.29, 1.82) is 0 Å². The Labute approximate surface area is 373 Å². The van der Waals surface area contributed by atoms with Crippen molar-refractivity contribution in [2.45, 2.75) is 97.3 Å². The molecule has 9 atom stereocenters. The molecule has 8 rings (SSSR count). The van der Waals surface area contributed by atoms with Crippen LogP contribution in [0.1, 0.15) is 89.6 Å². The number of nitrogens with zero attached hydrogens (tertiary/aromatic N) is 4. The van der Waals surface area contributed by atoms with E-state index in [1.165, 1.54) is 14.2 Å². The Morgan fingerprint density at radius 1 is 0.906 bits per heavy atom. The summed E-state index contributed by atoms with van der Waals surface area (Å²) >= 11 is 0. The number of carbonyl (C=O) groups excluding carboxylic acids is 3. The molecule has 5 heterocycles. The van der Waals surface area contributed by atoms with Crippen LogP contribution in [0.25, 0.3) is 44.2 Å². The zero-order chi connectivity index (χ0) is 45.4. The number of aliphatic hydroxyl groups excluding tert-OH is 1. The summed E-state index contributed by atoms with van der Waals surface area (Å²) in [4.78, 5) is 59.5. The summed E-state index contributed by atoms with van der Waals surface area (Å²) in [5.41, 5.74) is 6.63. The molecule has 5 N–H and O–H groups in total. The molecule has 2 aromatic heterocycles. The van der Waals surface area contributed by atoms with Gasteiger partial charge in [0.15, 0.2) is 0 Å². The molecule has 0 radical (unpaired) electrons. The normalized spacial score (nSPS) is 22.0. The average molecular weight is 879 g/mol. The predicted molar refractivity (Wildman–Crippen MR) is 242 cm³/mol. The average Bonchev–Trinajstić information content (AvgIpc) is 4.14. The lowest BCUT2D eigenvalue weighted by Gasteiger charge is -2.36. The minimum atomic E-state index is -0.982. The van der Waals surface area contributed by atoms with Crippen molar-refractivity contribution in [3.63, 3.8) is 0 Å². The molecule has 0 saturated carbocycles. The topological polar surface area (TPSA) is 196 Å². The molecule has 2 fully saturated rings. The molecule has 16 heteroatoms. The van der Waals surface area contributed by atoms with Crippen molar-refractivity contribution in [2.24, 2.45) is 23.7 Å². The van der Waals surface area contributed by atoms with Gasteiger partial charge in [0, 0.05) is 31.1 Å². The minimum absolute atomic E-state index is 0.0136. The van der Waals surface area contributed by atoms with Gasteiger partial charge < -0.3 is 49.6 Å². The summed E-state index contributed by atoms with van der Waals surface area (Å²) in [6.07, 6.45) is 2.60. The second-order valence-corrected chi connectivity index (χ2v) is 18.1. The molecule has 5 aromatic rings. The van der Waals surface area contributed by atoms with Gasteiger partial charge in [0.05, 0.1) is 61.9 Å². The van der Waals surface area contributed by atoms with Crippen LogP contribution in [0.2, 0.25) is 0 Å². The number of rotatable bonds is 14. The minimum Gasteiger partial charge on any atom is -0.488 e. The second kappa shape index (κ2) is 18.8. The maximum Gasteiger partial charge on any atom is 0.407 e. The van der Waals surface area contributed by atoms with Crippen LogP contribution in [0.4, 0.5) is 9.59 Å². The number of alkyl carbamates (subject to hydrolysis) is 2. The number of ether oxygens (including phenoxy) is 4. The van der Waals surface area contributed by atoms with E-state index in [1.54, 1.807) is 7.11 Å². The highest BCUT2D eigenvalue weighted by Gasteiger charge is 2.43. The molecule has 3 aliphatic rings. The van der Waals surface area contributed by atoms with E-state index in [9.17, 15) is 19.5 Å². The maximum absolute atomic E-state index is 14.0. The number of carbonyl (C=O) groups is 3. The van der Waals surface area contributed by atoms with E-state index in [0.29, 0.717) is 32.1 Å². The van der Waals surface area contributed by atoms with Gasteiger partial charge in [-0.3, -0.25) is 9.69 Å². The highest BCUT2D eigenvalue weighted by molar-refractivity contribution is 6.07. The largest absolute Gasteiger partial charge is 0.488 e. The molecule has 16 nitrogen and oxygen atoms in total. The van der Waals surface area contributed by atoms with E-state index < -0.39 is 30.5 Å². The number of fused-ring (bicyclic) bond motifs is 6. The molecule has 64 heavy (non-hydrogen) atoms. The molecule has 0 spiro atoms. The fourth-order valence-corrected chi connectivity index (χ4v) is 9.92. The van der Waals surface area contributed by atoms with Crippen LogP contribution in [0.5, 0.6) is 5.75 Å². The van der Waals surface area contributed by atoms with Gasteiger partial charge in [-0.15, -0.1) is 0 Å². The first-order chi connectivity index (χ1) is 30.8. The highest BCUT2D eigenvalue weighted by Crippen LogP contribution is 2.44. The van der Waals surface area contributed by atoms with Crippen LogP contribution in [0.15, 0.2) is 48.7 Å². The number of aliphatic hydroxyl groups is 1. The number of methoxy groups -OCH3 is 3. The van der Waals surface area contributed by atoms with Crippen molar-refractivity contribution in [1.82, 2.24) is 40.4 Å². The fraction of sp³-hybridized carbons (Fsp3) is 0.521. The second-order valence-electron chi connectivity index (χ2n) is 18.1. The first-order valence-electron chi connectivity index (χ1n) is 22.6. The third-order valence-electron chi connectivity index (χ3n) is 13.9. The first kappa shape index (κ1) is 44.9. The summed E-state index contributed by atoms with van der Waals surface area (Å²) in [7, 11) is 4.32. The molecule has 2 saturated heterocycles. The number of aromatic amines is 2. The Balaban J connectivity index is 1.05. The number of benzene rings is 3. The summed E-state index contributed by atoms with van der Waals surface area (Å²) in [6.45, 7) is 12.2. The summed E-state index contributed by atoms with van der Waals surface area (Å²) in [6, 6.07) is 13.0. The van der Waals surface area contributed by atoms with Crippen LogP contribution in [0.3, 0.4) is 0 Å². The number of H-pyrrole nitrogens is 2. The SMILES string of the molecule is CC[C@H](C)C(NC(=O)OC)C(=O)N1C[C@@H](C)C[C@H]1c1ncc(-c2ccc3c(c2)COc2cc4c(ccc5nc([C@@H]6C[C@H](COC)CN6C(O)C(NC(=O)OC)[C@@H](C)CC)[nH]c54)cc2-3)[nH]1. The Kier molecular flexibility index (Phi) is 13.2. The first-order valence-corrected chi connectivity index (χ1v) is 22.6. The molecule has 0 aliphatic carbocycles. The third kappa shape index (κ3) is 8.62. The molecule has 3 amide bonds. The quantitative estimate of drug-likeness (QED) is 0.0744. The van der Waals surface area contributed by atoms with E-state index in [-0.39, 0.29) is 41.7 Å². The standard InChI is InChI=1S/C48H62N8O8/c1-9-26(4)40(53-47(59)62-7)45(57)55-21-25(3)15-37(55)43-49-20-36(51-43)30-11-13-32-31(17-30)24-64-39-19-33-29(18-34(32)39)12-14-35-42(33)52-44(50-35)38-16-28(23-61-6)22-56(38)46(58)41(27(5)10-2)54-48(60)63-8/h11-14,17-20,25-28,37-38,40-41,46,58H,9-10,15-16,21-24H2,1-8H3,(H,49,51)(H,50,52)(H,53,59)(H,54,60)/t25-,26-,27-,28-,37-,38-,40?,41?,46?/m0/s1. The molecule has 3 aliphatic heterocycles. The van der Waals surface area contributed by atoms with Gasteiger partial charge in [-0.05, 0) is 82.9 Å². The fourth-order valence-electron chi connectivity index (χ4n) is 9.92. The lowest BCUT2D eigenvalue weighted by molar-refractivity contribution is -0.135. The van der Waals surface area contributed by atoms with Crippen LogP contribution in [-0.4, -0.2) is 112 Å². The zero-order valence-electron chi connectivity index (χ0n) is 38.1. The molecular weight excluding hydrogens is 817 g/mol. The summed E-state index contributed by atoms with van der Waals surface area (Å²) in [5.74, 6) is 2.43. The Morgan fingerprint density at radius 2 is 1.67 bits per heavy atom. The highest BCUT2D eigenvalue weighted by atomic mass is 16.5. The van der Waals surface area contributed by atoms with E-state index in [2.05, 4.69) is 63.9 Å². The van der Waals surface area contributed by atoms with Crippen LogP contribution < -0.4 is 15.4 Å². The lowest BCUT2D eigenvalue weighted by atomic mass is 9.92. The van der Waals surface area contributed by atoms with Crippen molar-refractivity contribution in [3.8, 4) is 28.1 Å². The van der Waals surface area contributed by atoms with E-state index in [1.807, 2.05) is 49.8 Å². The number of hydrogen-bond acceptors (Lipinski definition) is 11. The Hall–Kier alpha value is -5.71. The summed E-state index contributed by atoms with van der Waals surface area (Å²) < 4.78 is 21.8. The molecule has 3 aromatic carbocycles. The van der Waals surface area contributed by atoms with Crippen molar-refractivity contribution < 1.29 is 38.4 Å². The number of nitrogens with one attached hydrogen (secondary N) is 4. The van der Waals surface area contributed by atoms with Gasteiger partial charge >= 0.3 is 12.2 Å². The van der Waals surface area contributed by atoms with E-state index in [0.717, 1.165) is 87.0 Å². The Morgan fingerprint density at radius 3 is 2.41 bits per heavy atom. The van der Waals surface area contributed by atoms with Gasteiger partial charge in [-0.1, -0.05) is 65.7 Å². The van der Waals surface area contributed by atoms with Crippen LogP contribution >= 0.6 is 0 Å². The Bertz CT molecular complexity index is 2500. The van der Waals surface area contributed by atoms with Crippen molar-refractivity contribution in [3.05, 3.63) is 65.9 Å². The summed E-state index contributed by atoms with van der Waals surface area (Å²) in [5, 5.41) is 19.6. The lowest BCUT2D eigenvalue weighted by Crippen LogP contribution is -2.54. The smallest absolute Gasteiger partial charge is 0.407 e. The van der Waals surface area contributed by atoms with Crippen molar-refractivity contribution >= 4 is 39.9 Å². The zero-order valence-corrected chi connectivity index (χ0v) is 38.1. The molecule has 342 valence electrons.